The number of aromatic nitrogens is 4. The number of hydrogen-bond donors (Lipinski definition) is 2. The molecule has 1 aliphatic carbocycles. The summed E-state index contributed by atoms with van der Waals surface area (Å²) >= 11 is 0. The maximum atomic E-state index is 12.6. The number of carbonyl (C=O) groups excluding carboxylic acids is 2. The molecule has 1 heterocycles. The molecule has 0 radical (unpaired) electrons. The first-order valence-corrected chi connectivity index (χ1v) is 11.2. The number of unbranched alkanes of at least 4 members (excludes halogenated alkanes) is 1. The summed E-state index contributed by atoms with van der Waals surface area (Å²) in [5.41, 5.74) is 1.14. The van der Waals surface area contributed by atoms with E-state index in [4.69, 9.17) is 4.74 Å². The first-order chi connectivity index (χ1) is 16.3. The number of Topliss-reactive ketones (excluding diaryl/α,β-unsaturated/α-hetero) is 2. The van der Waals surface area contributed by atoms with E-state index in [1.54, 1.807) is 12.1 Å². The minimum Gasteiger partial charge on any atom is -0.507 e. The van der Waals surface area contributed by atoms with E-state index in [9.17, 15) is 24.6 Å². The lowest BCUT2D eigenvalue weighted by atomic mass is 9.89. The van der Waals surface area contributed by atoms with Gasteiger partial charge in [0.1, 0.15) is 17.5 Å². The van der Waals surface area contributed by atoms with Crippen molar-refractivity contribution in [2.24, 2.45) is 0 Å². The summed E-state index contributed by atoms with van der Waals surface area (Å²) in [6.45, 7) is 7.46. The fourth-order valence-corrected chi connectivity index (χ4v) is 3.90. The van der Waals surface area contributed by atoms with Gasteiger partial charge in [0.25, 0.3) is 0 Å². The summed E-state index contributed by atoms with van der Waals surface area (Å²) < 4.78 is 7.12. The second kappa shape index (κ2) is 10.9. The molecular formula is C24H28N4O6. The van der Waals surface area contributed by atoms with Crippen molar-refractivity contribution in [3.05, 3.63) is 52.9 Å². The van der Waals surface area contributed by atoms with Gasteiger partial charge in [0.2, 0.25) is 0 Å². The van der Waals surface area contributed by atoms with Crippen LogP contribution in [0.1, 0.15) is 67.3 Å². The smallest absolute Gasteiger partial charge is 0.333 e. The van der Waals surface area contributed by atoms with E-state index in [1.165, 1.54) is 17.7 Å². The van der Waals surface area contributed by atoms with Crippen LogP contribution < -0.4 is 4.74 Å². The van der Waals surface area contributed by atoms with Gasteiger partial charge in [-0.2, -0.15) is 0 Å². The van der Waals surface area contributed by atoms with Crippen molar-refractivity contribution in [1.29, 1.82) is 0 Å². The summed E-state index contributed by atoms with van der Waals surface area (Å²) in [4.78, 5) is 36.0. The summed E-state index contributed by atoms with van der Waals surface area (Å²) in [5.74, 6) is -0.907. The van der Waals surface area contributed by atoms with Crippen LogP contribution in [0.3, 0.4) is 0 Å². The molecular weight excluding hydrogens is 440 g/mol. The topological polar surface area (TPSA) is 144 Å². The van der Waals surface area contributed by atoms with Gasteiger partial charge in [-0.05, 0) is 60.7 Å². The van der Waals surface area contributed by atoms with Crippen LogP contribution in [-0.2, 0) is 22.4 Å². The van der Waals surface area contributed by atoms with Crippen molar-refractivity contribution in [3.8, 4) is 11.5 Å². The Kier molecular flexibility index (Phi) is 7.93. The molecule has 1 aromatic carbocycles. The van der Waals surface area contributed by atoms with Crippen molar-refractivity contribution >= 4 is 17.5 Å². The van der Waals surface area contributed by atoms with E-state index in [2.05, 4.69) is 22.1 Å². The van der Waals surface area contributed by atoms with Crippen LogP contribution in [-0.4, -0.2) is 54.6 Å². The van der Waals surface area contributed by atoms with Gasteiger partial charge in [-0.25, -0.2) is 9.48 Å². The minimum absolute atomic E-state index is 0.0351. The van der Waals surface area contributed by atoms with Crippen molar-refractivity contribution in [2.75, 3.05) is 6.61 Å². The number of tetrazole rings is 1. The Morgan fingerprint density at radius 2 is 2.03 bits per heavy atom. The van der Waals surface area contributed by atoms with Crippen LogP contribution in [0.5, 0.6) is 11.5 Å². The maximum absolute atomic E-state index is 12.6. The van der Waals surface area contributed by atoms with Crippen LogP contribution >= 0.6 is 0 Å². The number of rotatable bonds is 11. The Bertz CT molecular complexity index is 1150. The normalized spacial score (nSPS) is 15.8. The Balaban J connectivity index is 1.63. The summed E-state index contributed by atoms with van der Waals surface area (Å²) in [6.07, 6.45) is 4.68. The maximum Gasteiger partial charge on any atom is 0.333 e. The lowest BCUT2D eigenvalue weighted by Crippen LogP contribution is -2.31. The van der Waals surface area contributed by atoms with Gasteiger partial charge in [-0.15, -0.1) is 5.10 Å². The molecule has 2 aromatic rings. The number of hydrogen-bond acceptors (Lipinski definition) is 8. The summed E-state index contributed by atoms with van der Waals surface area (Å²) in [5, 5.41) is 31.4. The first kappa shape index (κ1) is 24.8. The number of carboxylic acid groups (broad SMARTS) is 1. The molecule has 1 aromatic heterocycles. The molecule has 1 aliphatic rings. The van der Waals surface area contributed by atoms with E-state index in [0.717, 1.165) is 6.42 Å². The average Bonchev–Trinajstić information content (AvgIpc) is 3.25. The Hall–Kier alpha value is -3.82. The molecule has 180 valence electrons. The average molecular weight is 469 g/mol. The molecule has 10 heteroatoms. The largest absolute Gasteiger partial charge is 0.507 e. The van der Waals surface area contributed by atoms with Crippen LogP contribution in [0.15, 0.2) is 35.9 Å². The molecule has 3 rings (SSSR count). The highest BCUT2D eigenvalue weighted by atomic mass is 16.5. The molecule has 10 nitrogen and oxygen atoms in total. The molecule has 0 aliphatic heterocycles. The third-order valence-electron chi connectivity index (χ3n) is 5.68. The Morgan fingerprint density at radius 1 is 1.26 bits per heavy atom. The number of nitrogens with zero attached hydrogens (tertiary/aromatic N) is 4. The molecule has 0 bridgehead atoms. The van der Waals surface area contributed by atoms with E-state index in [1.807, 2.05) is 6.92 Å². The fraction of sp³-hybridized carbons (Fsp3) is 0.417. The van der Waals surface area contributed by atoms with E-state index in [0.29, 0.717) is 55.0 Å². The van der Waals surface area contributed by atoms with Gasteiger partial charge in [-0.3, -0.25) is 9.59 Å². The van der Waals surface area contributed by atoms with Crippen LogP contribution in [0.25, 0.3) is 0 Å². The minimum atomic E-state index is -1.19. The fourth-order valence-electron chi connectivity index (χ4n) is 3.90. The molecule has 34 heavy (non-hydrogen) atoms. The summed E-state index contributed by atoms with van der Waals surface area (Å²) in [6, 6.07) is 2.13. The molecule has 1 unspecified atom stereocenters. The number of ketones is 2. The number of phenolic OH excluding ortho intramolecular Hbond substituents is 1. The molecule has 0 fully saturated rings. The number of carboxylic acids is 1. The molecule has 0 spiro atoms. The van der Waals surface area contributed by atoms with Crippen molar-refractivity contribution in [3.63, 3.8) is 0 Å². The van der Waals surface area contributed by atoms with Crippen molar-refractivity contribution < 1.29 is 29.3 Å². The van der Waals surface area contributed by atoms with E-state index in [-0.39, 0.29) is 29.1 Å². The monoisotopic (exact) mass is 468 g/mol. The number of aliphatic carboxylic acids is 1. The highest BCUT2D eigenvalue weighted by Crippen LogP contribution is 2.33. The second-order valence-electron chi connectivity index (χ2n) is 8.13. The molecule has 2 N–H and O–H groups in total. The zero-order valence-corrected chi connectivity index (χ0v) is 19.3. The Morgan fingerprint density at radius 3 is 2.71 bits per heavy atom. The van der Waals surface area contributed by atoms with Crippen LogP contribution in [0.2, 0.25) is 0 Å². The third kappa shape index (κ3) is 5.22. The quantitative estimate of drug-likeness (QED) is 0.289. The number of ether oxygens (including phenoxy) is 1. The van der Waals surface area contributed by atoms with Crippen LogP contribution in [0.4, 0.5) is 0 Å². The zero-order chi connectivity index (χ0) is 24.8. The number of phenols is 1. The highest BCUT2D eigenvalue weighted by Gasteiger charge is 2.36. The third-order valence-corrected chi connectivity index (χ3v) is 5.68. The lowest BCUT2D eigenvalue weighted by molar-refractivity contribution is -0.134. The zero-order valence-electron chi connectivity index (χ0n) is 19.3. The number of carbonyl (C=O) groups is 3. The second-order valence-corrected chi connectivity index (χ2v) is 8.13. The predicted molar refractivity (Wildman–Crippen MR) is 122 cm³/mol. The molecule has 0 saturated heterocycles. The highest BCUT2D eigenvalue weighted by molar-refractivity contribution is 6.07. The Labute approximate surface area is 196 Å². The van der Waals surface area contributed by atoms with Crippen molar-refractivity contribution in [2.45, 2.75) is 58.4 Å². The molecule has 1 atom stereocenters. The number of aromatic hydroxyl groups is 1. The summed E-state index contributed by atoms with van der Waals surface area (Å²) in [7, 11) is 0. The van der Waals surface area contributed by atoms with Gasteiger partial charge in [0.05, 0.1) is 17.7 Å². The first-order valence-electron chi connectivity index (χ1n) is 11.2. The SMILES string of the molecule is C=C1CC=C(C(=O)O)C(n2nnnc2CCCCOc2ccc(C(C)=O)c(O)c2CCC)C1=O. The van der Waals surface area contributed by atoms with E-state index < -0.39 is 17.8 Å². The standard InChI is InChI=1S/C24H28N4O6/c1-4-7-17-19(12-11-16(15(3)29)23(17)31)34-13-6-5-8-20-25-26-27-28(20)21-18(24(32)33)10-9-14(2)22(21)30/h10-12,21,31H,2,4-9,13H2,1,3H3,(H,32,33). The lowest BCUT2D eigenvalue weighted by Gasteiger charge is -2.22. The molecule has 0 saturated carbocycles. The van der Waals surface area contributed by atoms with Gasteiger partial charge in [-0.1, -0.05) is 26.0 Å². The van der Waals surface area contributed by atoms with Gasteiger partial charge >= 0.3 is 5.97 Å². The van der Waals surface area contributed by atoms with Crippen LogP contribution in [0, 0.1) is 0 Å². The van der Waals surface area contributed by atoms with Crippen molar-refractivity contribution in [1.82, 2.24) is 20.2 Å². The predicted octanol–water partition coefficient (Wildman–Crippen LogP) is 3.02. The van der Waals surface area contributed by atoms with Gasteiger partial charge in [0.15, 0.2) is 17.4 Å². The van der Waals surface area contributed by atoms with Gasteiger partial charge in [0, 0.05) is 12.0 Å². The number of aryl methyl sites for hydroxylation is 1. The number of allylic oxidation sites excluding steroid dienone is 2. The van der Waals surface area contributed by atoms with E-state index >= 15 is 0 Å². The molecule has 0 amide bonds. The van der Waals surface area contributed by atoms with Gasteiger partial charge < -0.3 is 14.9 Å². The number of benzene rings is 1.